The second kappa shape index (κ2) is 9.14. The fourth-order valence-electron chi connectivity index (χ4n) is 3.11. The van der Waals surface area contributed by atoms with Crippen molar-refractivity contribution in [3.8, 4) is 5.75 Å². The Kier molecular flexibility index (Phi) is 6.58. The number of hydrogen-bond acceptors (Lipinski definition) is 5. The Morgan fingerprint density at radius 1 is 1.10 bits per heavy atom. The monoisotopic (exact) mass is 424 g/mol. The summed E-state index contributed by atoms with van der Waals surface area (Å²) in [5.74, 6) is -1.77. The molecule has 2 aromatic carbocycles. The highest BCUT2D eigenvalue weighted by molar-refractivity contribution is 5.98. The Balaban J connectivity index is 1.62. The molecule has 0 bridgehead atoms. The van der Waals surface area contributed by atoms with E-state index >= 15 is 0 Å². The number of nitrogens with zero attached hydrogens (tertiary/aromatic N) is 1. The maximum atomic E-state index is 12.7. The van der Waals surface area contributed by atoms with E-state index in [1.807, 2.05) is 18.2 Å². The third kappa shape index (κ3) is 5.49. The van der Waals surface area contributed by atoms with Gasteiger partial charge in [-0.15, -0.1) is 13.2 Å². The number of aliphatic hydroxyl groups excluding tert-OH is 1. The van der Waals surface area contributed by atoms with Crippen LogP contribution in [0.3, 0.4) is 0 Å². The Morgan fingerprint density at radius 2 is 1.77 bits per heavy atom. The van der Waals surface area contributed by atoms with Crippen molar-refractivity contribution in [3.63, 3.8) is 0 Å². The highest BCUT2D eigenvalue weighted by atomic mass is 19.4. The smallest absolute Gasteiger partial charge is 0.406 e. The van der Waals surface area contributed by atoms with Crippen molar-refractivity contribution in [2.45, 2.75) is 31.5 Å². The zero-order valence-electron chi connectivity index (χ0n) is 15.6. The van der Waals surface area contributed by atoms with Crippen LogP contribution in [0, 0.1) is 0 Å². The summed E-state index contributed by atoms with van der Waals surface area (Å²) in [6.45, 7) is 0.210. The van der Waals surface area contributed by atoms with Crippen LogP contribution < -0.4 is 10.2 Å². The van der Waals surface area contributed by atoms with Gasteiger partial charge in [0.1, 0.15) is 11.8 Å². The van der Waals surface area contributed by atoms with Crippen LogP contribution in [0.5, 0.6) is 5.75 Å². The molecule has 3 rings (SSSR count). The van der Waals surface area contributed by atoms with Crippen LogP contribution in [0.25, 0.3) is 0 Å². The molecule has 1 fully saturated rings. The number of amides is 2. The number of likely N-dealkylation sites (tertiary alicyclic amines) is 1. The number of carbonyl (C=O) groups is 2. The first-order valence-electron chi connectivity index (χ1n) is 9.05. The summed E-state index contributed by atoms with van der Waals surface area (Å²) in [7, 11) is 0. The highest BCUT2D eigenvalue weighted by Gasteiger charge is 2.41. The van der Waals surface area contributed by atoms with Crippen molar-refractivity contribution < 1.29 is 37.4 Å². The normalized spacial score (nSPS) is 18.9. The van der Waals surface area contributed by atoms with Crippen molar-refractivity contribution in [1.82, 2.24) is 10.4 Å². The molecule has 2 N–H and O–H groups in total. The SMILES string of the molecule is O=C(NOCc1ccccc1)C1C(O)CCN1C(=O)c1ccc(OC(F)(F)F)cc1. The van der Waals surface area contributed by atoms with E-state index in [1.54, 1.807) is 12.1 Å². The molecule has 2 unspecified atom stereocenters. The molecule has 1 aliphatic heterocycles. The predicted molar refractivity (Wildman–Crippen MR) is 97.9 cm³/mol. The number of ether oxygens (including phenoxy) is 1. The molecule has 0 aromatic heterocycles. The summed E-state index contributed by atoms with van der Waals surface area (Å²) in [5.41, 5.74) is 3.11. The van der Waals surface area contributed by atoms with Gasteiger partial charge in [0, 0.05) is 12.1 Å². The molecule has 10 heteroatoms. The molecule has 7 nitrogen and oxygen atoms in total. The molecular formula is C20H19F3N2O5. The Morgan fingerprint density at radius 3 is 2.40 bits per heavy atom. The van der Waals surface area contributed by atoms with E-state index in [1.165, 1.54) is 0 Å². The molecule has 1 saturated heterocycles. The Hall–Kier alpha value is -3.11. The molecule has 160 valence electrons. The van der Waals surface area contributed by atoms with Crippen LogP contribution in [0.4, 0.5) is 13.2 Å². The first kappa shape index (κ1) is 21.6. The van der Waals surface area contributed by atoms with E-state index in [-0.39, 0.29) is 25.1 Å². The van der Waals surface area contributed by atoms with Crippen molar-refractivity contribution in [2.24, 2.45) is 0 Å². The average molecular weight is 424 g/mol. The minimum absolute atomic E-state index is 0.0571. The lowest BCUT2D eigenvalue weighted by molar-refractivity contribution is -0.274. The lowest BCUT2D eigenvalue weighted by atomic mass is 10.1. The van der Waals surface area contributed by atoms with Crippen LogP contribution in [-0.4, -0.2) is 46.9 Å². The highest BCUT2D eigenvalue weighted by Crippen LogP contribution is 2.25. The fourth-order valence-corrected chi connectivity index (χ4v) is 3.11. The molecule has 0 radical (unpaired) electrons. The third-order valence-corrected chi connectivity index (χ3v) is 4.48. The third-order valence-electron chi connectivity index (χ3n) is 4.48. The van der Waals surface area contributed by atoms with Gasteiger partial charge in [-0.3, -0.25) is 14.4 Å². The van der Waals surface area contributed by atoms with E-state index in [9.17, 15) is 27.9 Å². The zero-order valence-corrected chi connectivity index (χ0v) is 15.6. The first-order valence-corrected chi connectivity index (χ1v) is 9.05. The minimum atomic E-state index is -4.84. The number of hydroxylamine groups is 1. The fraction of sp³-hybridized carbons (Fsp3) is 0.300. The van der Waals surface area contributed by atoms with Gasteiger partial charge in [0.05, 0.1) is 12.7 Å². The maximum Gasteiger partial charge on any atom is 0.573 e. The zero-order chi connectivity index (χ0) is 21.7. The van der Waals surface area contributed by atoms with Gasteiger partial charge in [-0.1, -0.05) is 30.3 Å². The molecular weight excluding hydrogens is 405 g/mol. The van der Waals surface area contributed by atoms with Crippen LogP contribution in [0.1, 0.15) is 22.3 Å². The average Bonchev–Trinajstić information content (AvgIpc) is 3.09. The van der Waals surface area contributed by atoms with Crippen molar-refractivity contribution >= 4 is 11.8 Å². The van der Waals surface area contributed by atoms with Crippen LogP contribution >= 0.6 is 0 Å². The van der Waals surface area contributed by atoms with Gasteiger partial charge < -0.3 is 14.7 Å². The standard InChI is InChI=1S/C20H19F3N2O5/c21-20(22,23)30-15-8-6-14(7-9-15)19(28)25-11-10-16(26)17(25)18(27)24-29-12-13-4-2-1-3-5-13/h1-9,16-17,26H,10-12H2,(H,24,27). The van der Waals surface area contributed by atoms with Gasteiger partial charge >= 0.3 is 6.36 Å². The summed E-state index contributed by atoms with van der Waals surface area (Å²) in [5, 5.41) is 10.2. The molecule has 0 aliphatic carbocycles. The van der Waals surface area contributed by atoms with Crippen molar-refractivity contribution in [2.75, 3.05) is 6.54 Å². The Bertz CT molecular complexity index is 874. The number of hydrogen-bond donors (Lipinski definition) is 2. The van der Waals surface area contributed by atoms with E-state index in [0.717, 1.165) is 34.7 Å². The first-order chi connectivity index (χ1) is 14.2. The summed E-state index contributed by atoms with van der Waals surface area (Å²) in [6, 6.07) is 12.2. The summed E-state index contributed by atoms with van der Waals surface area (Å²) in [4.78, 5) is 31.5. The largest absolute Gasteiger partial charge is 0.573 e. The molecule has 2 amide bonds. The van der Waals surface area contributed by atoms with Crippen LogP contribution in [0.15, 0.2) is 54.6 Å². The second-order valence-corrected chi connectivity index (χ2v) is 6.61. The number of alkyl halides is 3. The second-order valence-electron chi connectivity index (χ2n) is 6.61. The summed E-state index contributed by atoms with van der Waals surface area (Å²) in [6.07, 6.45) is -5.76. The molecule has 2 aromatic rings. The van der Waals surface area contributed by atoms with Gasteiger partial charge in [0.15, 0.2) is 0 Å². The van der Waals surface area contributed by atoms with E-state index in [4.69, 9.17) is 4.84 Å². The predicted octanol–water partition coefficient (Wildman–Crippen LogP) is 2.41. The van der Waals surface area contributed by atoms with E-state index in [2.05, 4.69) is 10.2 Å². The molecule has 30 heavy (non-hydrogen) atoms. The molecule has 0 spiro atoms. The van der Waals surface area contributed by atoms with Crippen LogP contribution in [-0.2, 0) is 16.2 Å². The molecule has 1 aliphatic rings. The number of halogens is 3. The van der Waals surface area contributed by atoms with Gasteiger partial charge in [-0.2, -0.15) is 0 Å². The quantitative estimate of drug-likeness (QED) is 0.696. The lowest BCUT2D eigenvalue weighted by Gasteiger charge is -2.25. The minimum Gasteiger partial charge on any atom is -0.406 e. The van der Waals surface area contributed by atoms with Gasteiger partial charge in [-0.25, -0.2) is 5.48 Å². The summed E-state index contributed by atoms with van der Waals surface area (Å²) >= 11 is 0. The number of rotatable bonds is 6. The Labute approximate surface area is 170 Å². The van der Waals surface area contributed by atoms with Gasteiger partial charge in [0.25, 0.3) is 11.8 Å². The van der Waals surface area contributed by atoms with E-state index in [0.29, 0.717) is 0 Å². The van der Waals surface area contributed by atoms with Crippen LogP contribution in [0.2, 0.25) is 0 Å². The lowest BCUT2D eigenvalue weighted by Crippen LogP contribution is -2.50. The number of nitrogens with one attached hydrogen (secondary N) is 1. The van der Waals surface area contributed by atoms with Gasteiger partial charge in [-0.05, 0) is 36.2 Å². The topological polar surface area (TPSA) is 88.1 Å². The number of carbonyl (C=O) groups excluding carboxylic acids is 2. The molecule has 2 atom stereocenters. The number of aliphatic hydroxyl groups is 1. The number of benzene rings is 2. The van der Waals surface area contributed by atoms with Crippen molar-refractivity contribution in [3.05, 3.63) is 65.7 Å². The molecule has 1 heterocycles. The van der Waals surface area contributed by atoms with Gasteiger partial charge in [0.2, 0.25) is 0 Å². The maximum absolute atomic E-state index is 12.7. The summed E-state index contributed by atoms with van der Waals surface area (Å²) < 4.78 is 40.5. The van der Waals surface area contributed by atoms with Crippen molar-refractivity contribution in [1.29, 1.82) is 0 Å². The van der Waals surface area contributed by atoms with E-state index < -0.39 is 36.1 Å². The molecule has 0 saturated carbocycles.